The van der Waals surface area contributed by atoms with Gasteiger partial charge in [-0.2, -0.15) is 0 Å². The van der Waals surface area contributed by atoms with Crippen molar-refractivity contribution in [2.75, 3.05) is 7.05 Å². The summed E-state index contributed by atoms with van der Waals surface area (Å²) in [4.78, 5) is 2.58. The highest BCUT2D eigenvalue weighted by Crippen LogP contribution is 2.38. The summed E-state index contributed by atoms with van der Waals surface area (Å²) in [6, 6.07) is 12.7. The first-order valence-electron chi connectivity index (χ1n) is 6.77. The maximum Gasteiger partial charge on any atom is 0.0142 e. The lowest BCUT2D eigenvalue weighted by Gasteiger charge is -2.41. The number of benzene rings is 1. The molecule has 2 heteroatoms. The van der Waals surface area contributed by atoms with Crippen molar-refractivity contribution in [2.45, 2.75) is 43.8 Å². The quantitative estimate of drug-likeness (QED) is 0.842. The molecule has 2 heterocycles. The van der Waals surface area contributed by atoms with Crippen molar-refractivity contribution in [3.8, 4) is 0 Å². The number of nitrogens with two attached hydrogens (primary N) is 1. The van der Waals surface area contributed by atoms with Crippen LogP contribution in [0, 0.1) is 5.92 Å². The molecule has 0 spiro atoms. The van der Waals surface area contributed by atoms with Gasteiger partial charge in [-0.3, -0.25) is 0 Å². The summed E-state index contributed by atoms with van der Waals surface area (Å²) in [6.45, 7) is 0. The summed E-state index contributed by atoms with van der Waals surface area (Å²) < 4.78 is 0. The largest absolute Gasteiger partial charge is 0.327 e. The van der Waals surface area contributed by atoms with Gasteiger partial charge in [0.05, 0.1) is 0 Å². The summed E-state index contributed by atoms with van der Waals surface area (Å²) in [5.74, 6) is 0.640. The van der Waals surface area contributed by atoms with Crippen molar-refractivity contribution < 1.29 is 0 Å². The first kappa shape index (κ1) is 11.2. The summed E-state index contributed by atoms with van der Waals surface area (Å²) in [5, 5.41) is 0. The molecule has 0 aromatic heterocycles. The Kier molecular flexibility index (Phi) is 2.93. The van der Waals surface area contributed by atoms with Crippen molar-refractivity contribution in [3.05, 3.63) is 35.9 Å². The van der Waals surface area contributed by atoms with E-state index in [1.807, 2.05) is 0 Å². The molecule has 92 valence electrons. The van der Waals surface area contributed by atoms with Gasteiger partial charge in [-0.15, -0.1) is 0 Å². The van der Waals surface area contributed by atoms with Crippen LogP contribution in [-0.4, -0.2) is 30.1 Å². The van der Waals surface area contributed by atoms with Crippen LogP contribution in [0.5, 0.6) is 0 Å². The molecule has 3 rings (SSSR count). The Morgan fingerprint density at radius 3 is 2.76 bits per heavy atom. The Morgan fingerprint density at radius 2 is 2.00 bits per heavy atom. The number of rotatable bonds is 2. The lowest BCUT2D eigenvalue weighted by atomic mass is 9.82. The van der Waals surface area contributed by atoms with Gasteiger partial charge >= 0.3 is 0 Å². The average Bonchev–Trinajstić information content (AvgIpc) is 2.59. The van der Waals surface area contributed by atoms with Crippen LogP contribution in [-0.2, 0) is 6.42 Å². The van der Waals surface area contributed by atoms with Crippen LogP contribution in [0.2, 0.25) is 0 Å². The number of piperidine rings is 1. The van der Waals surface area contributed by atoms with Gasteiger partial charge in [-0.25, -0.2) is 0 Å². The molecule has 2 bridgehead atoms. The fraction of sp³-hybridized carbons (Fsp3) is 0.600. The van der Waals surface area contributed by atoms with E-state index in [1.54, 1.807) is 0 Å². The first-order valence-corrected chi connectivity index (χ1v) is 6.77. The van der Waals surface area contributed by atoms with Crippen LogP contribution in [0.4, 0.5) is 0 Å². The molecule has 2 aliphatic heterocycles. The van der Waals surface area contributed by atoms with Gasteiger partial charge in [-0.05, 0) is 44.2 Å². The number of fused-ring (bicyclic) bond motifs is 2. The minimum Gasteiger partial charge on any atom is -0.327 e. The molecule has 17 heavy (non-hydrogen) atoms. The second kappa shape index (κ2) is 4.43. The Hall–Kier alpha value is -0.860. The Bertz CT molecular complexity index is 376. The molecule has 2 aliphatic rings. The van der Waals surface area contributed by atoms with Crippen LogP contribution < -0.4 is 5.73 Å². The van der Waals surface area contributed by atoms with Crippen LogP contribution in [0.1, 0.15) is 24.8 Å². The molecule has 2 fully saturated rings. The van der Waals surface area contributed by atoms with E-state index in [0.29, 0.717) is 18.0 Å². The van der Waals surface area contributed by atoms with E-state index in [9.17, 15) is 0 Å². The Labute approximate surface area is 104 Å². The predicted molar refractivity (Wildman–Crippen MR) is 70.8 cm³/mol. The van der Waals surface area contributed by atoms with Crippen molar-refractivity contribution in [1.29, 1.82) is 0 Å². The number of nitrogens with zero attached hydrogens (tertiary/aromatic N) is 1. The molecule has 4 atom stereocenters. The van der Waals surface area contributed by atoms with Gasteiger partial charge in [-0.1, -0.05) is 30.3 Å². The monoisotopic (exact) mass is 230 g/mol. The minimum atomic E-state index is 0.393. The van der Waals surface area contributed by atoms with Gasteiger partial charge in [0, 0.05) is 18.1 Å². The molecule has 0 saturated carbocycles. The van der Waals surface area contributed by atoms with E-state index in [2.05, 4.69) is 42.3 Å². The Balaban J connectivity index is 1.77. The topological polar surface area (TPSA) is 29.3 Å². The average molecular weight is 230 g/mol. The van der Waals surface area contributed by atoms with Gasteiger partial charge < -0.3 is 10.6 Å². The van der Waals surface area contributed by atoms with Gasteiger partial charge in [0.2, 0.25) is 0 Å². The fourth-order valence-corrected chi connectivity index (χ4v) is 3.79. The smallest absolute Gasteiger partial charge is 0.0142 e. The van der Waals surface area contributed by atoms with E-state index in [-0.39, 0.29) is 0 Å². The first-order chi connectivity index (χ1) is 8.25. The van der Waals surface area contributed by atoms with E-state index in [4.69, 9.17) is 5.73 Å². The maximum absolute atomic E-state index is 6.38. The highest BCUT2D eigenvalue weighted by atomic mass is 15.2. The van der Waals surface area contributed by atoms with Crippen molar-refractivity contribution in [1.82, 2.24) is 4.90 Å². The van der Waals surface area contributed by atoms with Crippen LogP contribution in [0.3, 0.4) is 0 Å². The highest BCUT2D eigenvalue weighted by molar-refractivity contribution is 5.17. The molecular formula is C15H22N2. The summed E-state index contributed by atoms with van der Waals surface area (Å²) in [7, 11) is 2.28. The van der Waals surface area contributed by atoms with Gasteiger partial charge in [0.15, 0.2) is 0 Å². The molecule has 2 N–H and O–H groups in total. The van der Waals surface area contributed by atoms with E-state index in [1.165, 1.54) is 24.8 Å². The molecular weight excluding hydrogens is 208 g/mol. The van der Waals surface area contributed by atoms with Gasteiger partial charge in [0.1, 0.15) is 0 Å². The molecule has 0 unspecified atom stereocenters. The molecule has 0 amide bonds. The standard InChI is InChI=1S/C15H22N2/c1-17-12-7-8-15(17)13(14(16)10-12)9-11-5-3-2-4-6-11/h2-6,12-15H,7-10,16H2,1H3/t12-,13+,14-,15-/m0/s1. The van der Waals surface area contributed by atoms with Crippen molar-refractivity contribution in [3.63, 3.8) is 0 Å². The predicted octanol–water partition coefficient (Wildman–Crippen LogP) is 2.04. The van der Waals surface area contributed by atoms with Crippen LogP contribution >= 0.6 is 0 Å². The second-order valence-corrected chi connectivity index (χ2v) is 5.72. The lowest BCUT2D eigenvalue weighted by molar-refractivity contribution is 0.102. The molecule has 2 saturated heterocycles. The maximum atomic E-state index is 6.38. The third-order valence-electron chi connectivity index (χ3n) is 4.80. The zero-order valence-corrected chi connectivity index (χ0v) is 10.5. The number of hydrogen-bond acceptors (Lipinski definition) is 2. The number of hydrogen-bond donors (Lipinski definition) is 1. The van der Waals surface area contributed by atoms with Crippen LogP contribution in [0.25, 0.3) is 0 Å². The minimum absolute atomic E-state index is 0.393. The second-order valence-electron chi connectivity index (χ2n) is 5.72. The zero-order chi connectivity index (χ0) is 11.8. The molecule has 2 nitrogen and oxygen atoms in total. The fourth-order valence-electron chi connectivity index (χ4n) is 3.79. The lowest BCUT2D eigenvalue weighted by Crippen LogP contribution is -2.52. The summed E-state index contributed by atoms with van der Waals surface area (Å²) in [6.07, 6.45) is 5.01. The molecule has 1 aromatic rings. The van der Waals surface area contributed by atoms with Crippen molar-refractivity contribution >= 4 is 0 Å². The highest BCUT2D eigenvalue weighted by Gasteiger charge is 2.43. The molecule has 1 aromatic carbocycles. The zero-order valence-electron chi connectivity index (χ0n) is 10.5. The van der Waals surface area contributed by atoms with E-state index in [0.717, 1.165) is 12.5 Å². The third kappa shape index (κ3) is 2.00. The van der Waals surface area contributed by atoms with Crippen LogP contribution in [0.15, 0.2) is 30.3 Å². The van der Waals surface area contributed by atoms with E-state index < -0.39 is 0 Å². The third-order valence-corrected chi connectivity index (χ3v) is 4.80. The Morgan fingerprint density at radius 1 is 1.24 bits per heavy atom. The van der Waals surface area contributed by atoms with Crippen molar-refractivity contribution in [2.24, 2.45) is 11.7 Å². The molecule has 0 radical (unpaired) electrons. The van der Waals surface area contributed by atoms with Gasteiger partial charge in [0.25, 0.3) is 0 Å². The van der Waals surface area contributed by atoms with E-state index >= 15 is 0 Å². The summed E-state index contributed by atoms with van der Waals surface area (Å²) >= 11 is 0. The SMILES string of the molecule is CN1[C@H]2CC[C@H]1[C@H](Cc1ccccc1)[C@@H](N)C2. The normalized spacial score (nSPS) is 37.3. The molecule has 0 aliphatic carbocycles. The summed E-state index contributed by atoms with van der Waals surface area (Å²) in [5.41, 5.74) is 7.82.